The number of carboxylic acids is 1. The van der Waals surface area contributed by atoms with Crippen LogP contribution in [0.25, 0.3) is 0 Å². The van der Waals surface area contributed by atoms with Crippen molar-refractivity contribution in [2.24, 2.45) is 0 Å². The molecule has 0 aliphatic carbocycles. The van der Waals surface area contributed by atoms with E-state index in [-0.39, 0.29) is 5.69 Å². The molecule has 1 aromatic heterocycles. The van der Waals surface area contributed by atoms with Crippen molar-refractivity contribution in [3.63, 3.8) is 0 Å². The zero-order chi connectivity index (χ0) is 14.8. The van der Waals surface area contributed by atoms with Gasteiger partial charge in [-0.2, -0.15) is 10.4 Å². The monoisotopic (exact) mass is 282 g/mol. The van der Waals surface area contributed by atoms with Gasteiger partial charge in [0.25, 0.3) is 0 Å². The first-order valence-electron chi connectivity index (χ1n) is 6.70. The zero-order valence-corrected chi connectivity index (χ0v) is 11.3. The number of hydrogen-bond donors (Lipinski definition) is 2. The van der Waals surface area contributed by atoms with E-state index in [0.29, 0.717) is 18.7 Å². The number of hydrogen-bond acceptors (Lipinski definition) is 4. The lowest BCUT2D eigenvalue weighted by atomic mass is 10.1. The summed E-state index contributed by atoms with van der Waals surface area (Å²) in [5, 5.41) is 25.5. The van der Waals surface area contributed by atoms with Crippen molar-refractivity contribution < 1.29 is 9.90 Å². The molecule has 6 heteroatoms. The fourth-order valence-corrected chi connectivity index (χ4v) is 2.58. The van der Waals surface area contributed by atoms with E-state index in [1.54, 1.807) is 16.8 Å². The predicted molar refractivity (Wildman–Crippen MR) is 74.9 cm³/mol. The minimum atomic E-state index is -0.992. The van der Waals surface area contributed by atoms with Crippen LogP contribution in [0.5, 0.6) is 0 Å². The van der Waals surface area contributed by atoms with E-state index < -0.39 is 5.97 Å². The Hall–Kier alpha value is -2.65. The maximum absolute atomic E-state index is 11.3. The lowest BCUT2D eigenvalue weighted by Crippen LogP contribution is -2.25. The van der Waals surface area contributed by atoms with Gasteiger partial charge >= 0.3 is 5.97 Å². The Morgan fingerprint density at radius 1 is 1.43 bits per heavy atom. The van der Waals surface area contributed by atoms with Crippen LogP contribution in [0, 0.1) is 11.3 Å². The number of rotatable bonds is 3. The van der Waals surface area contributed by atoms with E-state index >= 15 is 0 Å². The van der Waals surface area contributed by atoms with Crippen LogP contribution in [-0.4, -0.2) is 27.4 Å². The summed E-state index contributed by atoms with van der Waals surface area (Å²) in [5.41, 5.74) is 3.50. The molecule has 1 aromatic carbocycles. The number of fused-ring (bicyclic) bond motifs is 1. The summed E-state index contributed by atoms with van der Waals surface area (Å²) in [6.45, 7) is 1.89. The molecule has 1 aliphatic heterocycles. The zero-order valence-electron chi connectivity index (χ0n) is 11.3. The van der Waals surface area contributed by atoms with Gasteiger partial charge in [0.15, 0.2) is 5.69 Å². The minimum absolute atomic E-state index is 0.130. The highest BCUT2D eigenvalue weighted by atomic mass is 16.4. The molecule has 2 N–H and O–H groups in total. The molecule has 2 aromatic rings. The van der Waals surface area contributed by atoms with Crippen molar-refractivity contribution in [1.29, 1.82) is 5.26 Å². The van der Waals surface area contributed by atoms with Gasteiger partial charge in [-0.25, -0.2) is 4.79 Å². The molecule has 0 radical (unpaired) electrons. The molecule has 2 heterocycles. The van der Waals surface area contributed by atoms with Crippen LogP contribution in [0.15, 0.2) is 24.3 Å². The molecule has 3 rings (SSSR count). The minimum Gasteiger partial charge on any atom is -0.476 e. The topological polar surface area (TPSA) is 90.9 Å². The van der Waals surface area contributed by atoms with Gasteiger partial charge in [0.2, 0.25) is 0 Å². The number of nitrogens with zero attached hydrogens (tertiary/aromatic N) is 3. The van der Waals surface area contributed by atoms with Crippen LogP contribution in [0.1, 0.15) is 32.9 Å². The molecule has 0 unspecified atom stereocenters. The third-order valence-electron chi connectivity index (χ3n) is 3.62. The molecule has 6 nitrogen and oxygen atoms in total. The van der Waals surface area contributed by atoms with Crippen molar-refractivity contribution in [2.75, 3.05) is 6.54 Å². The summed E-state index contributed by atoms with van der Waals surface area (Å²) in [5.74, 6) is -0.992. The number of benzene rings is 1. The molecule has 1 aliphatic rings. The van der Waals surface area contributed by atoms with Crippen molar-refractivity contribution in [1.82, 2.24) is 15.1 Å². The molecule has 0 atom stereocenters. The van der Waals surface area contributed by atoms with E-state index in [2.05, 4.69) is 16.5 Å². The average molecular weight is 282 g/mol. The first-order valence-corrected chi connectivity index (χ1v) is 6.70. The van der Waals surface area contributed by atoms with Crippen LogP contribution in [0.3, 0.4) is 0 Å². The Morgan fingerprint density at radius 2 is 2.19 bits per heavy atom. The molecule has 0 fully saturated rings. The van der Waals surface area contributed by atoms with E-state index in [9.17, 15) is 9.90 Å². The number of carboxylic acid groups (broad SMARTS) is 1. The van der Waals surface area contributed by atoms with Gasteiger partial charge in [0.05, 0.1) is 18.2 Å². The maximum atomic E-state index is 11.3. The third-order valence-corrected chi connectivity index (χ3v) is 3.62. The smallest absolute Gasteiger partial charge is 0.356 e. The van der Waals surface area contributed by atoms with Gasteiger partial charge in [-0.15, -0.1) is 0 Å². The normalized spacial score (nSPS) is 13.5. The van der Waals surface area contributed by atoms with Gasteiger partial charge in [-0.1, -0.05) is 12.1 Å². The lowest BCUT2D eigenvalue weighted by Gasteiger charge is -2.15. The summed E-state index contributed by atoms with van der Waals surface area (Å²) in [6, 6.07) is 9.33. The molecule has 0 bridgehead atoms. The quantitative estimate of drug-likeness (QED) is 0.881. The first-order chi connectivity index (χ1) is 10.2. The van der Waals surface area contributed by atoms with Crippen LogP contribution >= 0.6 is 0 Å². The van der Waals surface area contributed by atoms with Gasteiger partial charge in [-0.3, -0.25) is 4.68 Å². The van der Waals surface area contributed by atoms with Crippen LogP contribution in [-0.2, 0) is 19.5 Å². The van der Waals surface area contributed by atoms with Crippen molar-refractivity contribution in [3.05, 3.63) is 52.3 Å². The Kier molecular flexibility index (Phi) is 3.42. The van der Waals surface area contributed by atoms with Gasteiger partial charge in [0.1, 0.15) is 0 Å². The standard InChI is InChI=1S/C15H14N4O2/c16-7-10-1-3-11(4-2-10)9-19-13-5-6-17-8-12(13)14(18-19)15(20)21/h1-4,17H,5-6,8-9H2,(H,20,21). The van der Waals surface area contributed by atoms with Gasteiger partial charge in [0, 0.05) is 30.8 Å². The van der Waals surface area contributed by atoms with Crippen molar-refractivity contribution in [2.45, 2.75) is 19.5 Å². The van der Waals surface area contributed by atoms with Crippen LogP contribution < -0.4 is 5.32 Å². The average Bonchev–Trinajstić information content (AvgIpc) is 2.87. The predicted octanol–water partition coefficient (Wildman–Crippen LogP) is 1.15. The molecule has 0 saturated carbocycles. The Morgan fingerprint density at radius 3 is 2.86 bits per heavy atom. The van der Waals surface area contributed by atoms with Crippen molar-refractivity contribution in [3.8, 4) is 6.07 Å². The number of nitriles is 1. The van der Waals surface area contributed by atoms with E-state index in [0.717, 1.165) is 29.8 Å². The fraction of sp³-hybridized carbons (Fsp3) is 0.267. The van der Waals surface area contributed by atoms with Gasteiger partial charge in [-0.05, 0) is 17.7 Å². The Bertz CT molecular complexity index is 725. The third kappa shape index (κ3) is 2.51. The Balaban J connectivity index is 1.94. The molecule has 21 heavy (non-hydrogen) atoms. The first kappa shape index (κ1) is 13.3. The molecular weight excluding hydrogens is 268 g/mol. The molecule has 0 amide bonds. The van der Waals surface area contributed by atoms with E-state index in [1.807, 2.05) is 12.1 Å². The summed E-state index contributed by atoms with van der Waals surface area (Å²) in [7, 11) is 0. The largest absolute Gasteiger partial charge is 0.476 e. The SMILES string of the molecule is N#Cc1ccc(Cn2nc(C(=O)O)c3c2CCNC3)cc1. The Labute approximate surface area is 121 Å². The summed E-state index contributed by atoms with van der Waals surface area (Å²) in [4.78, 5) is 11.3. The number of carbonyl (C=O) groups is 1. The van der Waals surface area contributed by atoms with Crippen LogP contribution in [0.4, 0.5) is 0 Å². The van der Waals surface area contributed by atoms with E-state index in [4.69, 9.17) is 5.26 Å². The molecule has 106 valence electrons. The molecule has 0 saturated heterocycles. The maximum Gasteiger partial charge on any atom is 0.356 e. The number of aromatic carboxylic acids is 1. The summed E-state index contributed by atoms with van der Waals surface area (Å²) in [6.07, 6.45) is 0.770. The van der Waals surface area contributed by atoms with Crippen molar-refractivity contribution >= 4 is 5.97 Å². The number of nitrogens with one attached hydrogen (secondary N) is 1. The van der Waals surface area contributed by atoms with E-state index in [1.165, 1.54) is 0 Å². The highest BCUT2D eigenvalue weighted by molar-refractivity contribution is 5.87. The van der Waals surface area contributed by atoms with Crippen LogP contribution in [0.2, 0.25) is 0 Å². The second kappa shape index (κ2) is 5.38. The van der Waals surface area contributed by atoms with Gasteiger partial charge < -0.3 is 10.4 Å². The molecule has 0 spiro atoms. The summed E-state index contributed by atoms with van der Waals surface area (Å²) >= 11 is 0. The molecular formula is C15H14N4O2. The highest BCUT2D eigenvalue weighted by Crippen LogP contribution is 2.19. The second-order valence-corrected chi connectivity index (χ2v) is 4.97. The fourth-order valence-electron chi connectivity index (χ4n) is 2.58. The number of aromatic nitrogens is 2. The lowest BCUT2D eigenvalue weighted by molar-refractivity contribution is 0.0688. The summed E-state index contributed by atoms with van der Waals surface area (Å²) < 4.78 is 1.76. The highest BCUT2D eigenvalue weighted by Gasteiger charge is 2.24. The second-order valence-electron chi connectivity index (χ2n) is 4.97.